The fourth-order valence-corrected chi connectivity index (χ4v) is 2.68. The molecule has 3 nitrogen and oxygen atoms in total. The Balaban J connectivity index is 1.87. The molecule has 102 valence electrons. The summed E-state index contributed by atoms with van der Waals surface area (Å²) in [5, 5.41) is 6.73. The van der Waals surface area contributed by atoms with Crippen molar-refractivity contribution in [1.29, 1.82) is 0 Å². The standard InChI is InChI=1S/C15H20N2OS/c1-11-10-19-15(17-11)12(2)16-8-13-4-6-14(7-5-13)9-18-3/h4-7,10,12,16H,8-9H2,1-3H3. The number of ether oxygens (including phenoxy) is 1. The van der Waals surface area contributed by atoms with E-state index in [1.807, 2.05) is 6.92 Å². The second-order valence-electron chi connectivity index (χ2n) is 4.68. The molecule has 0 aliphatic carbocycles. The van der Waals surface area contributed by atoms with Crippen LogP contribution >= 0.6 is 11.3 Å². The summed E-state index contributed by atoms with van der Waals surface area (Å²) in [5.74, 6) is 0. The van der Waals surface area contributed by atoms with E-state index >= 15 is 0 Å². The zero-order chi connectivity index (χ0) is 13.7. The molecule has 0 amide bonds. The number of rotatable bonds is 6. The van der Waals surface area contributed by atoms with Gasteiger partial charge in [0, 0.05) is 24.7 Å². The maximum absolute atomic E-state index is 5.10. The van der Waals surface area contributed by atoms with Crippen LogP contribution in [0.25, 0.3) is 0 Å². The number of hydrogen-bond acceptors (Lipinski definition) is 4. The van der Waals surface area contributed by atoms with Crippen molar-refractivity contribution in [3.05, 3.63) is 51.5 Å². The topological polar surface area (TPSA) is 34.1 Å². The summed E-state index contributed by atoms with van der Waals surface area (Å²) in [6.07, 6.45) is 0. The Kier molecular flexibility index (Phi) is 5.07. The molecule has 19 heavy (non-hydrogen) atoms. The van der Waals surface area contributed by atoms with Gasteiger partial charge in [-0.05, 0) is 25.0 Å². The van der Waals surface area contributed by atoms with Crippen LogP contribution in [0.1, 0.15) is 34.8 Å². The Morgan fingerprint density at radius 1 is 1.26 bits per heavy atom. The van der Waals surface area contributed by atoms with E-state index in [-0.39, 0.29) is 6.04 Å². The molecule has 1 aromatic heterocycles. The van der Waals surface area contributed by atoms with Gasteiger partial charge in [0.15, 0.2) is 0 Å². The number of nitrogens with zero attached hydrogens (tertiary/aromatic N) is 1. The van der Waals surface area contributed by atoms with Crippen molar-refractivity contribution < 1.29 is 4.74 Å². The summed E-state index contributed by atoms with van der Waals surface area (Å²) in [5.41, 5.74) is 3.58. The lowest BCUT2D eigenvalue weighted by atomic mass is 10.1. The van der Waals surface area contributed by atoms with Crippen LogP contribution < -0.4 is 5.32 Å². The minimum absolute atomic E-state index is 0.289. The maximum Gasteiger partial charge on any atom is 0.110 e. The lowest BCUT2D eigenvalue weighted by molar-refractivity contribution is 0.185. The lowest BCUT2D eigenvalue weighted by Crippen LogP contribution is -2.17. The lowest BCUT2D eigenvalue weighted by Gasteiger charge is -2.11. The van der Waals surface area contributed by atoms with Crippen molar-refractivity contribution >= 4 is 11.3 Å². The Morgan fingerprint density at radius 3 is 2.53 bits per heavy atom. The molecule has 0 aliphatic rings. The second-order valence-corrected chi connectivity index (χ2v) is 5.57. The molecule has 0 saturated heterocycles. The third-order valence-electron chi connectivity index (χ3n) is 2.95. The Hall–Kier alpha value is -1.23. The predicted molar refractivity (Wildman–Crippen MR) is 79.3 cm³/mol. The monoisotopic (exact) mass is 276 g/mol. The SMILES string of the molecule is COCc1ccc(CNC(C)c2nc(C)cs2)cc1. The highest BCUT2D eigenvalue weighted by Crippen LogP contribution is 2.18. The Morgan fingerprint density at radius 2 is 1.95 bits per heavy atom. The van der Waals surface area contributed by atoms with Gasteiger partial charge in [-0.3, -0.25) is 0 Å². The van der Waals surface area contributed by atoms with Gasteiger partial charge in [0.2, 0.25) is 0 Å². The highest BCUT2D eigenvalue weighted by molar-refractivity contribution is 7.09. The van der Waals surface area contributed by atoms with E-state index in [1.54, 1.807) is 18.4 Å². The van der Waals surface area contributed by atoms with Gasteiger partial charge in [0.05, 0.1) is 12.6 Å². The van der Waals surface area contributed by atoms with Crippen LogP contribution in [0, 0.1) is 6.92 Å². The fourth-order valence-electron chi connectivity index (χ4n) is 1.85. The summed E-state index contributed by atoms with van der Waals surface area (Å²) in [7, 11) is 1.72. The molecule has 1 atom stereocenters. The molecule has 4 heteroatoms. The molecule has 2 aromatic rings. The molecule has 1 unspecified atom stereocenters. The van der Waals surface area contributed by atoms with Crippen molar-refractivity contribution in [1.82, 2.24) is 10.3 Å². The molecule has 0 spiro atoms. The molecule has 0 fully saturated rings. The number of aromatic nitrogens is 1. The van der Waals surface area contributed by atoms with Crippen molar-refractivity contribution in [3.8, 4) is 0 Å². The van der Waals surface area contributed by atoms with Crippen molar-refractivity contribution in [2.45, 2.75) is 33.0 Å². The largest absolute Gasteiger partial charge is 0.380 e. The van der Waals surface area contributed by atoms with Gasteiger partial charge in [-0.15, -0.1) is 11.3 Å². The molecule has 0 saturated carbocycles. The first-order valence-corrected chi connectivity index (χ1v) is 7.29. The first kappa shape index (κ1) is 14.2. The van der Waals surface area contributed by atoms with E-state index in [1.165, 1.54) is 11.1 Å². The Labute approximate surface area is 118 Å². The number of nitrogens with one attached hydrogen (secondary N) is 1. The summed E-state index contributed by atoms with van der Waals surface area (Å²) < 4.78 is 5.10. The quantitative estimate of drug-likeness (QED) is 0.877. The molecule has 1 heterocycles. The first-order valence-electron chi connectivity index (χ1n) is 6.41. The van der Waals surface area contributed by atoms with Gasteiger partial charge < -0.3 is 10.1 Å². The van der Waals surface area contributed by atoms with E-state index in [0.717, 1.165) is 17.2 Å². The van der Waals surface area contributed by atoms with Crippen LogP contribution in [0.15, 0.2) is 29.6 Å². The number of hydrogen-bond donors (Lipinski definition) is 1. The second kappa shape index (κ2) is 6.80. The minimum atomic E-state index is 0.289. The molecule has 1 N–H and O–H groups in total. The first-order chi connectivity index (χ1) is 9.19. The molecular formula is C15H20N2OS. The third-order valence-corrected chi connectivity index (χ3v) is 4.10. The number of aryl methyl sites for hydroxylation is 1. The molecule has 0 radical (unpaired) electrons. The molecular weight excluding hydrogens is 256 g/mol. The van der Waals surface area contributed by atoms with E-state index in [0.29, 0.717) is 6.61 Å². The summed E-state index contributed by atoms with van der Waals surface area (Å²) in [4.78, 5) is 4.50. The van der Waals surface area contributed by atoms with Gasteiger partial charge in [-0.1, -0.05) is 24.3 Å². The smallest absolute Gasteiger partial charge is 0.110 e. The van der Waals surface area contributed by atoms with E-state index < -0.39 is 0 Å². The zero-order valence-electron chi connectivity index (χ0n) is 11.6. The third kappa shape index (κ3) is 4.13. The van der Waals surface area contributed by atoms with Crippen LogP contribution in [0.2, 0.25) is 0 Å². The van der Waals surface area contributed by atoms with E-state index in [2.05, 4.69) is 46.9 Å². The van der Waals surface area contributed by atoms with Gasteiger partial charge >= 0.3 is 0 Å². The van der Waals surface area contributed by atoms with E-state index in [9.17, 15) is 0 Å². The van der Waals surface area contributed by atoms with Crippen LogP contribution in [-0.4, -0.2) is 12.1 Å². The zero-order valence-corrected chi connectivity index (χ0v) is 12.5. The number of methoxy groups -OCH3 is 1. The summed E-state index contributed by atoms with van der Waals surface area (Å²) >= 11 is 1.71. The van der Waals surface area contributed by atoms with Crippen LogP contribution in [0.5, 0.6) is 0 Å². The van der Waals surface area contributed by atoms with Gasteiger partial charge in [-0.2, -0.15) is 0 Å². The molecule has 2 rings (SSSR count). The average Bonchev–Trinajstić information content (AvgIpc) is 2.85. The van der Waals surface area contributed by atoms with Gasteiger partial charge in [-0.25, -0.2) is 4.98 Å². The summed E-state index contributed by atoms with van der Waals surface area (Å²) in [6, 6.07) is 8.79. The molecule has 0 aliphatic heterocycles. The Bertz CT molecular complexity index is 507. The van der Waals surface area contributed by atoms with Crippen LogP contribution in [-0.2, 0) is 17.9 Å². The maximum atomic E-state index is 5.10. The number of thiazole rings is 1. The molecule has 0 bridgehead atoms. The fraction of sp³-hybridized carbons (Fsp3) is 0.400. The predicted octanol–water partition coefficient (Wildman–Crippen LogP) is 3.45. The van der Waals surface area contributed by atoms with E-state index in [4.69, 9.17) is 4.74 Å². The highest BCUT2D eigenvalue weighted by atomic mass is 32.1. The van der Waals surface area contributed by atoms with Crippen molar-refractivity contribution in [2.24, 2.45) is 0 Å². The highest BCUT2D eigenvalue weighted by Gasteiger charge is 2.08. The van der Waals surface area contributed by atoms with Crippen LogP contribution in [0.3, 0.4) is 0 Å². The summed E-state index contributed by atoms with van der Waals surface area (Å²) in [6.45, 7) is 5.70. The minimum Gasteiger partial charge on any atom is -0.380 e. The normalized spacial score (nSPS) is 12.6. The van der Waals surface area contributed by atoms with Crippen molar-refractivity contribution in [3.63, 3.8) is 0 Å². The van der Waals surface area contributed by atoms with Crippen LogP contribution in [0.4, 0.5) is 0 Å². The molecule has 1 aromatic carbocycles. The van der Waals surface area contributed by atoms with Gasteiger partial charge in [0.1, 0.15) is 5.01 Å². The van der Waals surface area contributed by atoms with Gasteiger partial charge in [0.25, 0.3) is 0 Å². The average molecular weight is 276 g/mol. The van der Waals surface area contributed by atoms with Crippen molar-refractivity contribution in [2.75, 3.05) is 7.11 Å². The number of benzene rings is 1.